The lowest BCUT2D eigenvalue weighted by Gasteiger charge is -2.10. The first-order chi connectivity index (χ1) is 9.24. The highest BCUT2D eigenvalue weighted by molar-refractivity contribution is 5.85. The standard InChI is InChI=1S/C14H18FN3O.ClH/c1-11-9-17-18(7-6-15)14(11)16-10-12-4-3-5-13(8-12)19-2;/h3-5,8-9,16H,6-7,10H2,1-2H3;1H. The molecule has 0 aliphatic heterocycles. The molecule has 0 fully saturated rings. The first-order valence-electron chi connectivity index (χ1n) is 6.19. The molecule has 0 saturated heterocycles. The molecule has 0 aliphatic rings. The van der Waals surface area contributed by atoms with Crippen LogP contribution in [-0.4, -0.2) is 23.6 Å². The molecule has 1 heterocycles. The van der Waals surface area contributed by atoms with Gasteiger partial charge < -0.3 is 10.1 Å². The van der Waals surface area contributed by atoms with E-state index in [1.807, 2.05) is 31.2 Å². The van der Waals surface area contributed by atoms with Gasteiger partial charge in [0.15, 0.2) is 0 Å². The third-order valence-electron chi connectivity index (χ3n) is 2.91. The molecule has 1 N–H and O–H groups in total. The van der Waals surface area contributed by atoms with Gasteiger partial charge in [-0.25, -0.2) is 9.07 Å². The number of anilines is 1. The average molecular weight is 300 g/mol. The maximum atomic E-state index is 12.4. The fraction of sp³-hybridized carbons (Fsp3) is 0.357. The molecule has 2 aromatic rings. The molecule has 20 heavy (non-hydrogen) atoms. The number of halogens is 2. The van der Waals surface area contributed by atoms with Crippen molar-refractivity contribution in [2.45, 2.75) is 20.0 Å². The summed E-state index contributed by atoms with van der Waals surface area (Å²) in [5, 5.41) is 7.43. The van der Waals surface area contributed by atoms with E-state index >= 15 is 0 Å². The third kappa shape index (κ3) is 3.87. The molecule has 6 heteroatoms. The summed E-state index contributed by atoms with van der Waals surface area (Å²) in [6, 6.07) is 7.84. The molecular weight excluding hydrogens is 281 g/mol. The number of aryl methyl sites for hydroxylation is 2. The summed E-state index contributed by atoms with van der Waals surface area (Å²) in [7, 11) is 1.65. The van der Waals surface area contributed by atoms with Crippen molar-refractivity contribution in [1.82, 2.24) is 9.78 Å². The molecule has 1 aromatic carbocycles. The highest BCUT2D eigenvalue weighted by Crippen LogP contribution is 2.17. The predicted molar refractivity (Wildman–Crippen MR) is 80.5 cm³/mol. The van der Waals surface area contributed by atoms with E-state index in [1.165, 1.54) is 0 Å². The number of rotatable bonds is 6. The van der Waals surface area contributed by atoms with Gasteiger partial charge in [0.2, 0.25) is 0 Å². The van der Waals surface area contributed by atoms with Crippen molar-refractivity contribution < 1.29 is 9.13 Å². The van der Waals surface area contributed by atoms with Gasteiger partial charge in [-0.1, -0.05) is 12.1 Å². The Morgan fingerprint density at radius 2 is 2.20 bits per heavy atom. The van der Waals surface area contributed by atoms with Gasteiger partial charge in [-0.15, -0.1) is 12.4 Å². The molecule has 0 radical (unpaired) electrons. The molecule has 0 saturated carbocycles. The Balaban J connectivity index is 0.00000200. The maximum absolute atomic E-state index is 12.4. The summed E-state index contributed by atoms with van der Waals surface area (Å²) in [6.07, 6.45) is 1.74. The van der Waals surface area contributed by atoms with Crippen LogP contribution >= 0.6 is 12.4 Å². The molecule has 0 spiro atoms. The number of hydrogen-bond donors (Lipinski definition) is 1. The van der Waals surface area contributed by atoms with Gasteiger partial charge in [-0.2, -0.15) is 5.10 Å². The second kappa shape index (κ2) is 7.75. The summed E-state index contributed by atoms with van der Waals surface area (Å²) in [5.74, 6) is 1.69. The molecule has 4 nitrogen and oxygen atoms in total. The van der Waals surface area contributed by atoms with Crippen LogP contribution in [0.25, 0.3) is 0 Å². The van der Waals surface area contributed by atoms with E-state index in [0.29, 0.717) is 6.54 Å². The first kappa shape index (κ1) is 16.3. The molecule has 110 valence electrons. The number of nitrogens with one attached hydrogen (secondary N) is 1. The van der Waals surface area contributed by atoms with Gasteiger partial charge >= 0.3 is 0 Å². The number of ether oxygens (including phenoxy) is 1. The van der Waals surface area contributed by atoms with Crippen LogP contribution in [0.5, 0.6) is 5.75 Å². The Bertz CT molecular complexity index is 545. The van der Waals surface area contributed by atoms with Crippen molar-refractivity contribution in [1.29, 1.82) is 0 Å². The maximum Gasteiger partial charge on any atom is 0.127 e. The molecule has 0 unspecified atom stereocenters. The minimum atomic E-state index is -0.422. The van der Waals surface area contributed by atoms with Crippen molar-refractivity contribution in [3.05, 3.63) is 41.6 Å². The predicted octanol–water partition coefficient (Wildman–Crippen LogP) is 3.20. The fourth-order valence-electron chi connectivity index (χ4n) is 1.93. The topological polar surface area (TPSA) is 39.1 Å². The number of aromatic nitrogens is 2. The summed E-state index contributed by atoms with van der Waals surface area (Å²) in [4.78, 5) is 0. The van der Waals surface area contributed by atoms with Crippen molar-refractivity contribution in [3.8, 4) is 5.75 Å². The van der Waals surface area contributed by atoms with Crippen molar-refractivity contribution in [2.24, 2.45) is 0 Å². The highest BCUT2D eigenvalue weighted by Gasteiger charge is 2.06. The van der Waals surface area contributed by atoms with Gasteiger partial charge in [0.1, 0.15) is 18.2 Å². The number of benzene rings is 1. The number of nitrogens with zero attached hydrogens (tertiary/aromatic N) is 2. The number of hydrogen-bond acceptors (Lipinski definition) is 3. The largest absolute Gasteiger partial charge is 0.497 e. The van der Waals surface area contributed by atoms with Crippen molar-refractivity contribution in [2.75, 3.05) is 19.1 Å². The summed E-state index contributed by atoms with van der Waals surface area (Å²) < 4.78 is 19.3. The molecule has 2 rings (SSSR count). The lowest BCUT2D eigenvalue weighted by atomic mass is 10.2. The van der Waals surface area contributed by atoms with Crippen LogP contribution < -0.4 is 10.1 Å². The SMILES string of the molecule is COc1cccc(CNc2c(C)cnn2CCF)c1.Cl. The van der Waals surface area contributed by atoms with Gasteiger partial charge in [0, 0.05) is 12.1 Å². The lowest BCUT2D eigenvalue weighted by molar-refractivity contribution is 0.414. The Kier molecular flexibility index (Phi) is 6.31. The van der Waals surface area contributed by atoms with Gasteiger partial charge in [0.25, 0.3) is 0 Å². The Hall–Kier alpha value is -1.75. The Morgan fingerprint density at radius 1 is 1.40 bits per heavy atom. The zero-order chi connectivity index (χ0) is 13.7. The third-order valence-corrected chi connectivity index (χ3v) is 2.91. The van der Waals surface area contributed by atoms with E-state index < -0.39 is 6.67 Å². The smallest absolute Gasteiger partial charge is 0.127 e. The van der Waals surface area contributed by atoms with E-state index in [-0.39, 0.29) is 19.0 Å². The summed E-state index contributed by atoms with van der Waals surface area (Å²) in [6.45, 7) is 2.45. The molecule has 0 amide bonds. The quantitative estimate of drug-likeness (QED) is 0.890. The van der Waals surface area contributed by atoms with Crippen LogP contribution in [0, 0.1) is 6.92 Å². The normalized spacial score (nSPS) is 9.95. The van der Waals surface area contributed by atoms with Gasteiger partial charge in [-0.3, -0.25) is 0 Å². The van der Waals surface area contributed by atoms with Crippen LogP contribution in [0.3, 0.4) is 0 Å². The summed E-state index contributed by atoms with van der Waals surface area (Å²) in [5.41, 5.74) is 2.11. The van der Waals surface area contributed by atoms with Crippen molar-refractivity contribution in [3.63, 3.8) is 0 Å². The number of methoxy groups -OCH3 is 1. The monoisotopic (exact) mass is 299 g/mol. The molecule has 0 bridgehead atoms. The Labute approximate surface area is 124 Å². The molecule has 0 atom stereocenters. The molecule has 0 aliphatic carbocycles. The summed E-state index contributed by atoms with van der Waals surface area (Å²) >= 11 is 0. The first-order valence-corrected chi connectivity index (χ1v) is 6.19. The van der Waals surface area contributed by atoms with Gasteiger partial charge in [0.05, 0.1) is 19.9 Å². The van der Waals surface area contributed by atoms with E-state index in [0.717, 1.165) is 22.7 Å². The molecular formula is C14H19ClFN3O. The second-order valence-electron chi connectivity index (χ2n) is 4.29. The highest BCUT2D eigenvalue weighted by atomic mass is 35.5. The Morgan fingerprint density at radius 3 is 2.90 bits per heavy atom. The van der Waals surface area contributed by atoms with E-state index in [2.05, 4.69) is 10.4 Å². The minimum Gasteiger partial charge on any atom is -0.497 e. The van der Waals surface area contributed by atoms with Crippen molar-refractivity contribution >= 4 is 18.2 Å². The van der Waals surface area contributed by atoms with Crippen LogP contribution in [-0.2, 0) is 13.1 Å². The van der Waals surface area contributed by atoms with E-state index in [4.69, 9.17) is 4.74 Å². The van der Waals surface area contributed by atoms with Crippen LogP contribution in [0.2, 0.25) is 0 Å². The second-order valence-corrected chi connectivity index (χ2v) is 4.29. The van der Waals surface area contributed by atoms with Crippen LogP contribution in [0.4, 0.5) is 10.2 Å². The average Bonchev–Trinajstić information content (AvgIpc) is 2.78. The lowest BCUT2D eigenvalue weighted by Crippen LogP contribution is -2.10. The van der Waals surface area contributed by atoms with Gasteiger partial charge in [-0.05, 0) is 24.6 Å². The molecule has 1 aromatic heterocycles. The zero-order valence-electron chi connectivity index (χ0n) is 11.6. The minimum absolute atomic E-state index is 0. The van der Waals surface area contributed by atoms with E-state index in [1.54, 1.807) is 18.0 Å². The van der Waals surface area contributed by atoms with E-state index in [9.17, 15) is 4.39 Å². The number of alkyl halides is 1. The van der Waals surface area contributed by atoms with Crippen LogP contribution in [0.1, 0.15) is 11.1 Å². The van der Waals surface area contributed by atoms with Crippen LogP contribution in [0.15, 0.2) is 30.5 Å². The fourth-order valence-corrected chi connectivity index (χ4v) is 1.93. The zero-order valence-corrected chi connectivity index (χ0v) is 12.4.